The summed E-state index contributed by atoms with van der Waals surface area (Å²) in [6.07, 6.45) is 1.97. The van der Waals surface area contributed by atoms with Gasteiger partial charge in [0.2, 0.25) is 0 Å². The van der Waals surface area contributed by atoms with E-state index in [1.807, 2.05) is 13.8 Å². The van der Waals surface area contributed by atoms with E-state index in [1.54, 1.807) is 0 Å². The van der Waals surface area contributed by atoms with E-state index in [0.29, 0.717) is 5.92 Å². The van der Waals surface area contributed by atoms with E-state index >= 15 is 0 Å². The fourth-order valence-corrected chi connectivity index (χ4v) is 1.93. The van der Waals surface area contributed by atoms with Gasteiger partial charge in [-0.2, -0.15) is 0 Å². The molecule has 0 aromatic rings. The van der Waals surface area contributed by atoms with Gasteiger partial charge in [0.25, 0.3) is 0 Å². The van der Waals surface area contributed by atoms with E-state index in [4.69, 9.17) is 5.11 Å². The molecule has 0 bridgehead atoms. The van der Waals surface area contributed by atoms with Crippen molar-refractivity contribution >= 4 is 5.97 Å². The highest BCUT2D eigenvalue weighted by Gasteiger charge is 2.26. The van der Waals surface area contributed by atoms with E-state index < -0.39 is 5.97 Å². The molecule has 0 aromatic heterocycles. The van der Waals surface area contributed by atoms with Gasteiger partial charge in [-0.3, -0.25) is 4.79 Å². The molecule has 0 saturated carbocycles. The molecule has 0 aliphatic carbocycles. The largest absolute Gasteiger partial charge is 0.481 e. The van der Waals surface area contributed by atoms with Crippen LogP contribution >= 0.6 is 0 Å². The molecule has 1 aliphatic heterocycles. The first-order valence-electron chi connectivity index (χ1n) is 5.04. The fourth-order valence-electron chi connectivity index (χ4n) is 1.93. The Hall–Kier alpha value is -0.570. The maximum absolute atomic E-state index is 10.9. The quantitative estimate of drug-likeness (QED) is 0.695. The maximum Gasteiger partial charge on any atom is 0.306 e. The molecule has 2 atom stereocenters. The average Bonchev–Trinajstić information content (AvgIpc) is 2.50. The Morgan fingerprint density at radius 2 is 2.31 bits per heavy atom. The minimum Gasteiger partial charge on any atom is -0.481 e. The molecule has 2 unspecified atom stereocenters. The van der Waals surface area contributed by atoms with Crippen LogP contribution in [0.4, 0.5) is 0 Å². The van der Waals surface area contributed by atoms with Crippen LogP contribution in [0.5, 0.6) is 0 Å². The van der Waals surface area contributed by atoms with E-state index in [0.717, 1.165) is 25.9 Å². The zero-order valence-corrected chi connectivity index (χ0v) is 8.42. The number of hydrogen-bond acceptors (Lipinski definition) is 2. The predicted molar refractivity (Wildman–Crippen MR) is 51.6 cm³/mol. The van der Waals surface area contributed by atoms with Gasteiger partial charge < -0.3 is 10.4 Å². The number of carboxylic acid groups (broad SMARTS) is 1. The first-order chi connectivity index (χ1) is 6.11. The second-order valence-electron chi connectivity index (χ2n) is 4.28. The number of carbonyl (C=O) groups is 1. The third-order valence-electron chi connectivity index (χ3n) is 2.87. The maximum atomic E-state index is 10.9. The van der Waals surface area contributed by atoms with E-state index in [-0.39, 0.29) is 11.8 Å². The number of rotatable bonds is 4. The van der Waals surface area contributed by atoms with Crippen molar-refractivity contribution in [3.63, 3.8) is 0 Å². The molecule has 1 saturated heterocycles. The Morgan fingerprint density at radius 1 is 1.62 bits per heavy atom. The van der Waals surface area contributed by atoms with Gasteiger partial charge in [0, 0.05) is 0 Å². The van der Waals surface area contributed by atoms with Gasteiger partial charge >= 0.3 is 5.97 Å². The molecule has 0 amide bonds. The molecule has 1 fully saturated rings. The topological polar surface area (TPSA) is 49.3 Å². The standard InChI is InChI=1S/C10H19NO2/c1-7(2)9(10(12)13)5-8-3-4-11-6-8/h7-9,11H,3-6H2,1-2H3,(H,12,13). The van der Waals surface area contributed by atoms with Crippen molar-refractivity contribution in [3.8, 4) is 0 Å². The Kier molecular flexibility index (Phi) is 3.72. The predicted octanol–water partition coefficient (Wildman–Crippen LogP) is 1.34. The normalized spacial score (nSPS) is 25.0. The van der Waals surface area contributed by atoms with Gasteiger partial charge in [0.05, 0.1) is 5.92 Å². The van der Waals surface area contributed by atoms with Gasteiger partial charge in [-0.05, 0) is 37.8 Å². The lowest BCUT2D eigenvalue weighted by molar-refractivity contribution is -0.143. The SMILES string of the molecule is CC(C)C(CC1CCNC1)C(=O)O. The molecule has 0 aromatic carbocycles. The van der Waals surface area contributed by atoms with Crippen molar-refractivity contribution in [2.75, 3.05) is 13.1 Å². The van der Waals surface area contributed by atoms with Crippen LogP contribution in [-0.2, 0) is 4.79 Å². The lowest BCUT2D eigenvalue weighted by atomic mass is 9.86. The molecule has 13 heavy (non-hydrogen) atoms. The summed E-state index contributed by atoms with van der Waals surface area (Å²) in [5.41, 5.74) is 0. The Bertz CT molecular complexity index is 174. The van der Waals surface area contributed by atoms with Crippen LogP contribution in [-0.4, -0.2) is 24.2 Å². The average molecular weight is 185 g/mol. The minimum absolute atomic E-state index is 0.162. The number of aliphatic carboxylic acids is 1. The summed E-state index contributed by atoms with van der Waals surface area (Å²) in [5.74, 6) is 0.0217. The Labute approximate surface area is 79.5 Å². The van der Waals surface area contributed by atoms with Crippen molar-refractivity contribution in [3.05, 3.63) is 0 Å². The van der Waals surface area contributed by atoms with Gasteiger partial charge in [-0.15, -0.1) is 0 Å². The zero-order chi connectivity index (χ0) is 9.84. The Balaban J connectivity index is 2.41. The van der Waals surface area contributed by atoms with Gasteiger partial charge in [0.15, 0.2) is 0 Å². The zero-order valence-electron chi connectivity index (χ0n) is 8.42. The van der Waals surface area contributed by atoms with Crippen molar-refractivity contribution < 1.29 is 9.90 Å². The molecular formula is C10H19NO2. The number of hydrogen-bond donors (Lipinski definition) is 2. The summed E-state index contributed by atoms with van der Waals surface area (Å²) >= 11 is 0. The highest BCUT2D eigenvalue weighted by Crippen LogP contribution is 2.24. The van der Waals surface area contributed by atoms with E-state index in [2.05, 4.69) is 5.32 Å². The third kappa shape index (κ3) is 2.99. The molecule has 0 spiro atoms. The van der Waals surface area contributed by atoms with Crippen LogP contribution in [0, 0.1) is 17.8 Å². The summed E-state index contributed by atoms with van der Waals surface area (Å²) in [4.78, 5) is 10.9. The monoisotopic (exact) mass is 185 g/mol. The lowest BCUT2D eigenvalue weighted by Gasteiger charge is -2.19. The summed E-state index contributed by atoms with van der Waals surface area (Å²) in [7, 11) is 0. The summed E-state index contributed by atoms with van der Waals surface area (Å²) in [6, 6.07) is 0. The smallest absolute Gasteiger partial charge is 0.306 e. The van der Waals surface area contributed by atoms with Crippen molar-refractivity contribution in [1.29, 1.82) is 0 Å². The highest BCUT2D eigenvalue weighted by atomic mass is 16.4. The molecule has 2 N–H and O–H groups in total. The molecular weight excluding hydrogens is 166 g/mol. The van der Waals surface area contributed by atoms with Crippen LogP contribution in [0.15, 0.2) is 0 Å². The van der Waals surface area contributed by atoms with Crippen molar-refractivity contribution in [2.45, 2.75) is 26.7 Å². The summed E-state index contributed by atoms with van der Waals surface area (Å²) < 4.78 is 0. The first-order valence-corrected chi connectivity index (χ1v) is 5.04. The number of nitrogens with one attached hydrogen (secondary N) is 1. The minimum atomic E-state index is -0.637. The number of carboxylic acids is 1. The van der Waals surface area contributed by atoms with Crippen molar-refractivity contribution in [2.24, 2.45) is 17.8 Å². The molecule has 1 aliphatic rings. The van der Waals surface area contributed by atoms with Crippen LogP contribution in [0.2, 0.25) is 0 Å². The van der Waals surface area contributed by atoms with Gasteiger partial charge in [-0.1, -0.05) is 13.8 Å². The van der Waals surface area contributed by atoms with Crippen LogP contribution in [0.1, 0.15) is 26.7 Å². The fraction of sp³-hybridized carbons (Fsp3) is 0.900. The lowest BCUT2D eigenvalue weighted by Crippen LogP contribution is -2.23. The molecule has 0 radical (unpaired) electrons. The van der Waals surface area contributed by atoms with Crippen LogP contribution < -0.4 is 5.32 Å². The second-order valence-corrected chi connectivity index (χ2v) is 4.28. The van der Waals surface area contributed by atoms with E-state index in [1.165, 1.54) is 0 Å². The van der Waals surface area contributed by atoms with Crippen LogP contribution in [0.3, 0.4) is 0 Å². The van der Waals surface area contributed by atoms with Gasteiger partial charge in [0.1, 0.15) is 0 Å². The molecule has 3 nitrogen and oxygen atoms in total. The highest BCUT2D eigenvalue weighted by molar-refractivity contribution is 5.70. The summed E-state index contributed by atoms with van der Waals surface area (Å²) in [5, 5.41) is 12.2. The third-order valence-corrected chi connectivity index (χ3v) is 2.87. The van der Waals surface area contributed by atoms with Gasteiger partial charge in [-0.25, -0.2) is 0 Å². The molecule has 76 valence electrons. The second kappa shape index (κ2) is 4.61. The van der Waals surface area contributed by atoms with Crippen LogP contribution in [0.25, 0.3) is 0 Å². The Morgan fingerprint density at radius 3 is 2.69 bits per heavy atom. The molecule has 3 heteroatoms. The van der Waals surface area contributed by atoms with Crippen molar-refractivity contribution in [1.82, 2.24) is 5.32 Å². The van der Waals surface area contributed by atoms with E-state index in [9.17, 15) is 4.79 Å². The summed E-state index contributed by atoms with van der Waals surface area (Å²) in [6.45, 7) is 6.02. The first kappa shape index (κ1) is 10.5. The molecule has 1 rings (SSSR count). The molecule has 1 heterocycles.